The summed E-state index contributed by atoms with van der Waals surface area (Å²) in [6.45, 7) is -0.117. The number of benzene rings is 1. The van der Waals surface area contributed by atoms with E-state index >= 15 is 0 Å². The first kappa shape index (κ1) is 15.1. The van der Waals surface area contributed by atoms with E-state index in [4.69, 9.17) is 24.9 Å². The van der Waals surface area contributed by atoms with Crippen LogP contribution >= 0.6 is 27.9 Å². The number of nitrogens with one attached hydrogen (secondary N) is 1. The van der Waals surface area contributed by atoms with Crippen molar-refractivity contribution in [1.29, 1.82) is 0 Å². The molecule has 8 heteroatoms. The molecule has 3 rings (SSSR count). The summed E-state index contributed by atoms with van der Waals surface area (Å²) in [6.07, 6.45) is -3.74. The molecule has 0 saturated carbocycles. The van der Waals surface area contributed by atoms with Gasteiger partial charge in [0.15, 0.2) is 18.3 Å². The lowest BCUT2D eigenvalue weighted by molar-refractivity contribution is -0.141. The zero-order valence-electron chi connectivity index (χ0n) is 10.7. The van der Waals surface area contributed by atoms with Gasteiger partial charge < -0.3 is 28.5 Å². The molecule has 0 spiro atoms. The number of rotatable bonds is 4. The van der Waals surface area contributed by atoms with Gasteiger partial charge in [-0.2, -0.15) is 0 Å². The number of hydrogen-bond acceptors (Lipinski definition) is 5. The SMILES string of the molecule is O[C@H]1[C@H](O)O[C@@](Cl)(COBr)[C@@H]1Oc1cc2ccccc2[nH]1. The number of aromatic amines is 1. The number of aromatic nitrogens is 1. The second-order valence-corrected chi connectivity index (χ2v) is 5.90. The minimum Gasteiger partial charge on any atom is -0.468 e. The largest absolute Gasteiger partial charge is 0.468 e. The quantitative estimate of drug-likeness (QED) is 0.708. The number of ether oxygens (including phenoxy) is 2. The van der Waals surface area contributed by atoms with E-state index in [-0.39, 0.29) is 6.61 Å². The standard InChI is InChI=1S/C13H13BrClNO5/c14-19-6-13(15)11(10(17)12(18)21-13)20-9-5-7-3-1-2-4-8(7)16-9/h1-5,10-12,16-18H,6H2/t10-,11-,12-,13+/m1/s1. The molecule has 1 saturated heterocycles. The lowest BCUT2D eigenvalue weighted by atomic mass is 10.1. The van der Waals surface area contributed by atoms with Gasteiger partial charge in [0.2, 0.25) is 5.06 Å². The maximum atomic E-state index is 9.99. The van der Waals surface area contributed by atoms with Crippen molar-refractivity contribution in [3.63, 3.8) is 0 Å². The minimum atomic E-state index is -1.50. The number of halogens is 2. The minimum absolute atomic E-state index is 0.117. The zero-order valence-corrected chi connectivity index (χ0v) is 13.0. The van der Waals surface area contributed by atoms with E-state index < -0.39 is 23.6 Å². The first-order chi connectivity index (χ1) is 10.0. The number of aliphatic hydroxyl groups is 2. The van der Waals surface area contributed by atoms with Crippen LogP contribution in [0, 0.1) is 0 Å². The molecule has 3 N–H and O–H groups in total. The summed E-state index contributed by atoms with van der Waals surface area (Å²) in [5.74, 6) is 0.414. The molecule has 1 aromatic heterocycles. The third-order valence-corrected chi connectivity index (χ3v) is 4.00. The van der Waals surface area contributed by atoms with Gasteiger partial charge in [0.25, 0.3) is 0 Å². The Hall–Kier alpha value is -0.830. The summed E-state index contributed by atoms with van der Waals surface area (Å²) in [5.41, 5.74) is 0.887. The van der Waals surface area contributed by atoms with Gasteiger partial charge in [-0.1, -0.05) is 29.8 Å². The van der Waals surface area contributed by atoms with Gasteiger partial charge in [0, 0.05) is 17.0 Å². The Balaban J connectivity index is 1.87. The molecule has 0 radical (unpaired) electrons. The van der Waals surface area contributed by atoms with E-state index in [9.17, 15) is 10.2 Å². The smallest absolute Gasteiger partial charge is 0.208 e. The van der Waals surface area contributed by atoms with Crippen LogP contribution in [0.5, 0.6) is 5.88 Å². The molecule has 1 fully saturated rings. The summed E-state index contributed by atoms with van der Waals surface area (Å²) in [7, 11) is 0. The fraction of sp³-hybridized carbons (Fsp3) is 0.385. The molecular weight excluding hydrogens is 366 g/mol. The summed E-state index contributed by atoms with van der Waals surface area (Å²) in [6, 6.07) is 9.39. The van der Waals surface area contributed by atoms with Crippen molar-refractivity contribution in [3.8, 4) is 5.88 Å². The fourth-order valence-electron chi connectivity index (χ4n) is 2.34. The van der Waals surface area contributed by atoms with E-state index in [0.29, 0.717) is 5.88 Å². The van der Waals surface area contributed by atoms with Crippen LogP contribution in [0.15, 0.2) is 30.3 Å². The van der Waals surface area contributed by atoms with Crippen molar-refractivity contribution in [3.05, 3.63) is 30.3 Å². The topological polar surface area (TPSA) is 83.9 Å². The van der Waals surface area contributed by atoms with Crippen molar-refractivity contribution < 1.29 is 23.5 Å². The van der Waals surface area contributed by atoms with E-state index in [0.717, 1.165) is 10.9 Å². The van der Waals surface area contributed by atoms with E-state index in [2.05, 4.69) is 21.2 Å². The highest BCUT2D eigenvalue weighted by molar-refractivity contribution is 9.06. The van der Waals surface area contributed by atoms with Crippen LogP contribution in [0.4, 0.5) is 0 Å². The van der Waals surface area contributed by atoms with E-state index in [1.165, 1.54) is 0 Å². The van der Waals surface area contributed by atoms with Gasteiger partial charge in [-0.05, 0) is 6.07 Å². The molecule has 21 heavy (non-hydrogen) atoms. The van der Waals surface area contributed by atoms with Crippen LogP contribution in [0.25, 0.3) is 10.9 Å². The molecule has 0 bridgehead atoms. The van der Waals surface area contributed by atoms with Crippen LogP contribution in [0.1, 0.15) is 0 Å². The third kappa shape index (κ3) is 2.77. The van der Waals surface area contributed by atoms with E-state index in [1.807, 2.05) is 24.3 Å². The first-order valence-corrected chi connectivity index (χ1v) is 7.27. The van der Waals surface area contributed by atoms with Crippen molar-refractivity contribution in [2.75, 3.05) is 6.61 Å². The molecule has 0 aliphatic carbocycles. The predicted octanol–water partition coefficient (Wildman–Crippen LogP) is 1.89. The molecule has 0 amide bonds. The second-order valence-electron chi connectivity index (χ2n) is 4.80. The van der Waals surface area contributed by atoms with Crippen molar-refractivity contribution >= 4 is 38.8 Å². The maximum Gasteiger partial charge on any atom is 0.208 e. The molecule has 1 aliphatic rings. The molecule has 1 aromatic carbocycles. The highest BCUT2D eigenvalue weighted by Gasteiger charge is 2.56. The van der Waals surface area contributed by atoms with Gasteiger partial charge in [0.1, 0.15) is 12.7 Å². The average Bonchev–Trinajstić information content (AvgIpc) is 2.94. The highest BCUT2D eigenvalue weighted by Crippen LogP contribution is 2.37. The summed E-state index contributed by atoms with van der Waals surface area (Å²) in [4.78, 5) is 3.06. The van der Waals surface area contributed by atoms with Gasteiger partial charge in [-0.3, -0.25) is 0 Å². The summed E-state index contributed by atoms with van der Waals surface area (Å²) in [5, 5.41) is 19.1. The Labute approximate surface area is 134 Å². The van der Waals surface area contributed by atoms with Crippen molar-refractivity contribution in [1.82, 2.24) is 4.98 Å². The van der Waals surface area contributed by atoms with Gasteiger partial charge in [-0.25, -0.2) is 0 Å². The predicted molar refractivity (Wildman–Crippen MR) is 79.3 cm³/mol. The molecule has 6 nitrogen and oxygen atoms in total. The van der Waals surface area contributed by atoms with Gasteiger partial charge >= 0.3 is 0 Å². The third-order valence-electron chi connectivity index (χ3n) is 3.35. The van der Waals surface area contributed by atoms with Crippen LogP contribution < -0.4 is 4.74 Å². The monoisotopic (exact) mass is 377 g/mol. The Morgan fingerprint density at radius 3 is 2.86 bits per heavy atom. The Morgan fingerprint density at radius 1 is 1.38 bits per heavy atom. The van der Waals surface area contributed by atoms with Crippen molar-refractivity contribution in [2.24, 2.45) is 0 Å². The summed E-state index contributed by atoms with van der Waals surface area (Å²) < 4.78 is 15.6. The number of H-pyrrole nitrogens is 1. The lowest BCUT2D eigenvalue weighted by Crippen LogP contribution is -2.46. The normalized spacial score (nSPS) is 32.7. The Morgan fingerprint density at radius 2 is 2.14 bits per heavy atom. The number of fused-ring (bicyclic) bond motifs is 1. The molecule has 0 unspecified atom stereocenters. The lowest BCUT2D eigenvalue weighted by Gasteiger charge is -2.26. The average molecular weight is 379 g/mol. The second kappa shape index (κ2) is 5.75. The fourth-order valence-corrected chi connectivity index (χ4v) is 3.13. The van der Waals surface area contributed by atoms with Gasteiger partial charge in [0.05, 0.1) is 16.3 Å². The summed E-state index contributed by atoms with van der Waals surface area (Å²) >= 11 is 9.02. The highest BCUT2D eigenvalue weighted by atomic mass is 79.9. The Kier molecular flexibility index (Phi) is 4.13. The van der Waals surface area contributed by atoms with Crippen LogP contribution in [0.2, 0.25) is 0 Å². The first-order valence-electron chi connectivity index (χ1n) is 6.24. The van der Waals surface area contributed by atoms with Crippen molar-refractivity contribution in [2.45, 2.75) is 23.6 Å². The van der Waals surface area contributed by atoms with Crippen LogP contribution in [0.3, 0.4) is 0 Å². The van der Waals surface area contributed by atoms with Gasteiger partial charge in [-0.15, -0.1) is 0 Å². The Bertz CT molecular complexity index is 605. The number of para-hydroxylation sites is 1. The molecular formula is C13H13BrClNO5. The molecule has 4 atom stereocenters. The number of aliphatic hydroxyl groups excluding tert-OH is 2. The molecule has 1 aliphatic heterocycles. The van der Waals surface area contributed by atoms with E-state index in [1.54, 1.807) is 6.07 Å². The molecule has 2 heterocycles. The zero-order chi connectivity index (χ0) is 15.0. The molecule has 2 aromatic rings. The van der Waals surface area contributed by atoms with Crippen LogP contribution in [-0.2, 0) is 8.57 Å². The maximum absolute atomic E-state index is 9.99. The number of alkyl halides is 1. The van der Waals surface area contributed by atoms with Crippen LogP contribution in [-0.4, -0.2) is 45.4 Å². The number of hydrogen-bond donors (Lipinski definition) is 3. The molecule has 114 valence electrons.